The summed E-state index contributed by atoms with van der Waals surface area (Å²) in [6.45, 7) is 0.515. The lowest BCUT2D eigenvalue weighted by Crippen LogP contribution is -2.12. The molecule has 1 heterocycles. The molecule has 1 aromatic heterocycles. The van der Waals surface area contributed by atoms with Crippen molar-refractivity contribution < 1.29 is 5.11 Å². The third kappa shape index (κ3) is 1.44. The van der Waals surface area contributed by atoms with Crippen LogP contribution in [0.5, 0.6) is 0 Å². The summed E-state index contributed by atoms with van der Waals surface area (Å²) in [5, 5.41) is 14.3. The molecule has 4 nitrogen and oxygen atoms in total. The zero-order valence-corrected chi connectivity index (χ0v) is 8.53. The summed E-state index contributed by atoms with van der Waals surface area (Å²) in [5.41, 5.74) is 8.84. The Morgan fingerprint density at radius 2 is 2.36 bits per heavy atom. The van der Waals surface area contributed by atoms with Crippen molar-refractivity contribution in [1.29, 1.82) is 0 Å². The van der Waals surface area contributed by atoms with Gasteiger partial charge in [-0.1, -0.05) is 0 Å². The van der Waals surface area contributed by atoms with Gasteiger partial charge < -0.3 is 10.8 Å². The number of nitrogens with two attached hydrogens (primary N) is 1. The van der Waals surface area contributed by atoms with Crippen molar-refractivity contribution in [2.45, 2.75) is 31.8 Å². The Morgan fingerprint density at radius 1 is 1.57 bits per heavy atom. The summed E-state index contributed by atoms with van der Waals surface area (Å²) in [7, 11) is 1.90. The zero-order chi connectivity index (χ0) is 10.1. The molecular formula is C10H17N3O. The first-order chi connectivity index (χ1) is 6.74. The van der Waals surface area contributed by atoms with Crippen molar-refractivity contribution in [1.82, 2.24) is 9.78 Å². The summed E-state index contributed by atoms with van der Waals surface area (Å²) in [6, 6.07) is 0. The maximum absolute atomic E-state index is 9.91. The highest BCUT2D eigenvalue weighted by molar-refractivity contribution is 5.31. The molecule has 0 amide bonds. The van der Waals surface area contributed by atoms with Crippen LogP contribution in [0.25, 0.3) is 0 Å². The first-order valence-electron chi connectivity index (χ1n) is 5.16. The molecule has 0 spiro atoms. The minimum Gasteiger partial charge on any atom is -0.387 e. The lowest BCUT2D eigenvalue weighted by molar-refractivity contribution is 0.159. The van der Waals surface area contributed by atoms with Gasteiger partial charge in [0.05, 0.1) is 17.5 Å². The molecule has 0 radical (unpaired) electrons. The van der Waals surface area contributed by atoms with Gasteiger partial charge in [-0.05, 0) is 37.8 Å². The first-order valence-corrected chi connectivity index (χ1v) is 5.16. The van der Waals surface area contributed by atoms with Gasteiger partial charge in [-0.2, -0.15) is 5.10 Å². The Balaban J connectivity index is 2.32. The van der Waals surface area contributed by atoms with E-state index in [9.17, 15) is 5.11 Å². The molecule has 1 aromatic rings. The number of aliphatic hydroxyl groups excluding tert-OH is 1. The summed E-state index contributed by atoms with van der Waals surface area (Å²) in [5.74, 6) is 0. The Morgan fingerprint density at radius 3 is 3.07 bits per heavy atom. The zero-order valence-electron chi connectivity index (χ0n) is 8.53. The monoisotopic (exact) mass is 195 g/mol. The number of aromatic nitrogens is 2. The lowest BCUT2D eigenvalue weighted by Gasteiger charge is -2.11. The molecule has 4 heteroatoms. The topological polar surface area (TPSA) is 64.1 Å². The third-order valence-electron chi connectivity index (χ3n) is 2.87. The highest BCUT2D eigenvalue weighted by Crippen LogP contribution is 2.29. The van der Waals surface area contributed by atoms with Crippen molar-refractivity contribution in [2.24, 2.45) is 12.8 Å². The van der Waals surface area contributed by atoms with Crippen LogP contribution < -0.4 is 5.73 Å². The number of rotatable bonds is 3. The summed E-state index contributed by atoms with van der Waals surface area (Å²) in [4.78, 5) is 0. The predicted octanol–water partition coefficient (Wildman–Crippen LogP) is 0.291. The fourth-order valence-corrected chi connectivity index (χ4v) is 2.26. The van der Waals surface area contributed by atoms with E-state index in [4.69, 9.17) is 5.73 Å². The molecule has 1 unspecified atom stereocenters. The van der Waals surface area contributed by atoms with Crippen LogP contribution in [0, 0.1) is 0 Å². The van der Waals surface area contributed by atoms with Crippen LogP contribution in [0.3, 0.4) is 0 Å². The average molecular weight is 195 g/mol. The van der Waals surface area contributed by atoms with Crippen LogP contribution >= 0.6 is 0 Å². The third-order valence-corrected chi connectivity index (χ3v) is 2.87. The van der Waals surface area contributed by atoms with Crippen molar-refractivity contribution in [3.05, 3.63) is 17.0 Å². The van der Waals surface area contributed by atoms with Crippen LogP contribution in [0.15, 0.2) is 0 Å². The van der Waals surface area contributed by atoms with Crippen LogP contribution in [-0.4, -0.2) is 21.4 Å². The molecule has 0 saturated carbocycles. The van der Waals surface area contributed by atoms with E-state index in [1.165, 1.54) is 17.7 Å². The number of hydrogen-bond acceptors (Lipinski definition) is 3. The van der Waals surface area contributed by atoms with Gasteiger partial charge in [-0.3, -0.25) is 4.68 Å². The molecule has 1 aliphatic carbocycles. The first kappa shape index (κ1) is 9.68. The van der Waals surface area contributed by atoms with E-state index in [-0.39, 0.29) is 0 Å². The highest BCUT2D eigenvalue weighted by Gasteiger charge is 2.24. The molecule has 78 valence electrons. The largest absolute Gasteiger partial charge is 0.387 e. The van der Waals surface area contributed by atoms with Crippen molar-refractivity contribution in [3.8, 4) is 0 Å². The number of aryl methyl sites for hydroxylation is 2. The quantitative estimate of drug-likeness (QED) is 0.728. The number of nitrogens with zero attached hydrogens (tertiary/aromatic N) is 2. The molecule has 1 atom stereocenters. The minimum absolute atomic E-state index is 0.445. The number of hydrogen-bond donors (Lipinski definition) is 2. The smallest absolute Gasteiger partial charge is 0.0971 e. The van der Waals surface area contributed by atoms with Gasteiger partial charge in [-0.15, -0.1) is 0 Å². The fraction of sp³-hybridized carbons (Fsp3) is 0.700. The molecule has 0 aromatic carbocycles. The highest BCUT2D eigenvalue weighted by atomic mass is 16.3. The second kappa shape index (κ2) is 3.71. The SMILES string of the molecule is Cn1nc2c(c1C(O)CCN)CCC2. The van der Waals surface area contributed by atoms with E-state index in [0.717, 1.165) is 18.5 Å². The summed E-state index contributed by atoms with van der Waals surface area (Å²) >= 11 is 0. The Kier molecular flexibility index (Phi) is 2.56. The Hall–Kier alpha value is -0.870. The van der Waals surface area contributed by atoms with Crippen LogP contribution in [0.2, 0.25) is 0 Å². The van der Waals surface area contributed by atoms with Gasteiger partial charge >= 0.3 is 0 Å². The van der Waals surface area contributed by atoms with Crippen molar-refractivity contribution in [2.75, 3.05) is 6.54 Å². The van der Waals surface area contributed by atoms with E-state index in [1.807, 2.05) is 11.7 Å². The standard InChI is InChI=1S/C10H17N3O/c1-13-10(9(14)5-6-11)7-3-2-4-8(7)12-13/h9,14H,2-6,11H2,1H3. The van der Waals surface area contributed by atoms with Crippen LogP contribution in [0.4, 0.5) is 0 Å². The minimum atomic E-state index is -0.445. The maximum Gasteiger partial charge on any atom is 0.0971 e. The van der Waals surface area contributed by atoms with Crippen LogP contribution in [0.1, 0.15) is 35.9 Å². The molecule has 1 aliphatic rings. The van der Waals surface area contributed by atoms with Crippen LogP contribution in [-0.2, 0) is 19.9 Å². The summed E-state index contributed by atoms with van der Waals surface area (Å²) < 4.78 is 1.81. The Bertz CT molecular complexity index is 332. The van der Waals surface area contributed by atoms with E-state index < -0.39 is 6.10 Å². The van der Waals surface area contributed by atoms with Gasteiger partial charge in [0.2, 0.25) is 0 Å². The van der Waals surface area contributed by atoms with E-state index in [0.29, 0.717) is 13.0 Å². The van der Waals surface area contributed by atoms with Gasteiger partial charge in [0.25, 0.3) is 0 Å². The lowest BCUT2D eigenvalue weighted by atomic mass is 10.1. The molecule has 14 heavy (non-hydrogen) atoms. The van der Waals surface area contributed by atoms with Gasteiger partial charge in [0, 0.05) is 7.05 Å². The van der Waals surface area contributed by atoms with Gasteiger partial charge in [0.15, 0.2) is 0 Å². The van der Waals surface area contributed by atoms with E-state index >= 15 is 0 Å². The summed E-state index contributed by atoms with van der Waals surface area (Å²) in [6.07, 6.45) is 3.45. The van der Waals surface area contributed by atoms with Gasteiger partial charge in [0.1, 0.15) is 0 Å². The maximum atomic E-state index is 9.91. The second-order valence-corrected chi connectivity index (χ2v) is 3.88. The van der Waals surface area contributed by atoms with E-state index in [1.54, 1.807) is 0 Å². The van der Waals surface area contributed by atoms with E-state index in [2.05, 4.69) is 5.10 Å². The number of aliphatic hydroxyl groups is 1. The molecule has 0 bridgehead atoms. The number of fused-ring (bicyclic) bond motifs is 1. The van der Waals surface area contributed by atoms with Crippen molar-refractivity contribution >= 4 is 0 Å². The molecule has 0 aliphatic heterocycles. The average Bonchev–Trinajstić information content (AvgIpc) is 2.63. The molecule has 0 saturated heterocycles. The molecule has 2 rings (SSSR count). The van der Waals surface area contributed by atoms with Crippen molar-refractivity contribution in [3.63, 3.8) is 0 Å². The molecular weight excluding hydrogens is 178 g/mol. The van der Waals surface area contributed by atoms with Gasteiger partial charge in [-0.25, -0.2) is 0 Å². The predicted molar refractivity (Wildman–Crippen MR) is 53.9 cm³/mol. The normalized spacial score (nSPS) is 17.1. The molecule has 0 fully saturated rings. The molecule has 3 N–H and O–H groups in total. The second-order valence-electron chi connectivity index (χ2n) is 3.88. The Labute approximate surface area is 83.7 Å². The fourth-order valence-electron chi connectivity index (χ4n) is 2.26.